The normalized spacial score (nSPS) is 10.6. The molecule has 0 radical (unpaired) electrons. The van der Waals surface area contributed by atoms with E-state index in [9.17, 15) is 4.79 Å². The Morgan fingerprint density at radius 2 is 1.85 bits per heavy atom. The summed E-state index contributed by atoms with van der Waals surface area (Å²) in [6, 6.07) is 13.7. The Labute approximate surface area is 157 Å². The molecule has 0 saturated carbocycles. The van der Waals surface area contributed by atoms with Crippen LogP contribution in [0.15, 0.2) is 60.0 Å². The van der Waals surface area contributed by atoms with E-state index in [1.807, 2.05) is 61.0 Å². The third kappa shape index (κ3) is 4.46. The van der Waals surface area contributed by atoms with E-state index in [2.05, 4.69) is 16.4 Å². The number of aromatic nitrogens is 2. The molecule has 0 aliphatic heterocycles. The number of hydrogen-bond acceptors (Lipinski definition) is 4. The van der Waals surface area contributed by atoms with Crippen molar-refractivity contribution in [1.82, 2.24) is 9.55 Å². The molecule has 0 fully saturated rings. The third-order valence-corrected chi connectivity index (χ3v) is 4.76. The van der Waals surface area contributed by atoms with Crippen LogP contribution in [0.4, 0.5) is 5.69 Å². The van der Waals surface area contributed by atoms with Gasteiger partial charge in [-0.2, -0.15) is 0 Å². The fourth-order valence-electron chi connectivity index (χ4n) is 2.71. The van der Waals surface area contributed by atoms with Crippen LogP contribution in [-0.4, -0.2) is 28.3 Å². The minimum atomic E-state index is -0.0516. The number of hydrogen-bond donors (Lipinski definition) is 1. The molecule has 3 aromatic rings. The van der Waals surface area contributed by atoms with Crippen LogP contribution < -0.4 is 10.1 Å². The largest absolute Gasteiger partial charge is 0.497 e. The number of carbonyl (C=O) groups excluding carboxylic acids is 1. The molecule has 1 amide bonds. The van der Waals surface area contributed by atoms with Crippen molar-refractivity contribution in [1.29, 1.82) is 0 Å². The predicted molar refractivity (Wildman–Crippen MR) is 105 cm³/mol. The Morgan fingerprint density at radius 3 is 2.50 bits per heavy atom. The molecule has 26 heavy (non-hydrogen) atoms. The van der Waals surface area contributed by atoms with Gasteiger partial charge in [0.2, 0.25) is 5.91 Å². The van der Waals surface area contributed by atoms with Crippen LogP contribution in [0.25, 0.3) is 5.69 Å². The van der Waals surface area contributed by atoms with Crippen LogP contribution in [-0.2, 0) is 4.79 Å². The maximum Gasteiger partial charge on any atom is 0.234 e. The molecular formula is C20H21N3O2S. The minimum absolute atomic E-state index is 0.0516. The highest BCUT2D eigenvalue weighted by molar-refractivity contribution is 7.99. The lowest BCUT2D eigenvalue weighted by Crippen LogP contribution is -2.14. The Kier molecular flexibility index (Phi) is 5.63. The molecule has 5 nitrogen and oxygen atoms in total. The summed E-state index contributed by atoms with van der Waals surface area (Å²) in [5.74, 6) is 1.04. The molecule has 3 rings (SSSR count). The fraction of sp³-hybridized carbons (Fsp3) is 0.200. The second-order valence-electron chi connectivity index (χ2n) is 5.99. The third-order valence-electron chi connectivity index (χ3n) is 3.80. The van der Waals surface area contributed by atoms with Crippen LogP contribution >= 0.6 is 11.8 Å². The molecule has 1 heterocycles. The van der Waals surface area contributed by atoms with Gasteiger partial charge in [0.15, 0.2) is 5.16 Å². The second-order valence-corrected chi connectivity index (χ2v) is 6.93. The van der Waals surface area contributed by atoms with E-state index in [0.717, 1.165) is 33.4 Å². The average molecular weight is 367 g/mol. The lowest BCUT2D eigenvalue weighted by Gasteiger charge is -2.09. The summed E-state index contributed by atoms with van der Waals surface area (Å²) in [5.41, 5.74) is 4.05. The first kappa shape index (κ1) is 18.1. The molecule has 0 unspecified atom stereocenters. The number of nitrogens with one attached hydrogen (secondary N) is 1. The summed E-state index contributed by atoms with van der Waals surface area (Å²) in [6.45, 7) is 4.03. The molecule has 0 aliphatic carbocycles. The molecule has 0 bridgehead atoms. The van der Waals surface area contributed by atoms with Gasteiger partial charge in [-0.3, -0.25) is 9.36 Å². The lowest BCUT2D eigenvalue weighted by molar-refractivity contribution is -0.113. The average Bonchev–Trinajstić information content (AvgIpc) is 3.07. The van der Waals surface area contributed by atoms with E-state index < -0.39 is 0 Å². The first-order valence-electron chi connectivity index (χ1n) is 8.24. The van der Waals surface area contributed by atoms with Crippen molar-refractivity contribution in [3.63, 3.8) is 0 Å². The summed E-state index contributed by atoms with van der Waals surface area (Å²) in [7, 11) is 1.64. The number of anilines is 1. The van der Waals surface area contributed by atoms with Gasteiger partial charge in [0, 0.05) is 23.8 Å². The molecule has 0 aliphatic rings. The van der Waals surface area contributed by atoms with Gasteiger partial charge in [0.05, 0.1) is 12.9 Å². The molecular weight excluding hydrogens is 346 g/mol. The van der Waals surface area contributed by atoms with Gasteiger partial charge < -0.3 is 10.1 Å². The van der Waals surface area contributed by atoms with Gasteiger partial charge in [-0.1, -0.05) is 17.8 Å². The quantitative estimate of drug-likeness (QED) is 0.663. The fourth-order valence-corrected chi connectivity index (χ4v) is 3.48. The van der Waals surface area contributed by atoms with E-state index in [1.54, 1.807) is 13.3 Å². The number of carbonyl (C=O) groups is 1. The number of amides is 1. The van der Waals surface area contributed by atoms with Gasteiger partial charge in [-0.05, 0) is 61.4 Å². The van der Waals surface area contributed by atoms with E-state index in [1.165, 1.54) is 11.8 Å². The molecule has 1 aromatic heterocycles. The van der Waals surface area contributed by atoms with Gasteiger partial charge in [0.1, 0.15) is 5.75 Å². The Hall–Kier alpha value is -2.73. The standard InChI is InChI=1S/C20H21N3O2S/c1-14-10-15(2)12-16(11-14)22-19(24)13-26-20-21-8-9-23(20)17-4-6-18(25-3)7-5-17/h4-12H,13H2,1-3H3,(H,22,24). The molecule has 134 valence electrons. The first-order valence-corrected chi connectivity index (χ1v) is 9.22. The van der Waals surface area contributed by atoms with Crippen molar-refractivity contribution < 1.29 is 9.53 Å². The van der Waals surface area contributed by atoms with Crippen LogP contribution in [0.1, 0.15) is 11.1 Å². The number of nitrogens with zero attached hydrogens (tertiary/aromatic N) is 2. The van der Waals surface area contributed by atoms with Crippen molar-refractivity contribution in [2.45, 2.75) is 19.0 Å². The Balaban J connectivity index is 1.64. The SMILES string of the molecule is COc1ccc(-n2ccnc2SCC(=O)Nc2cc(C)cc(C)c2)cc1. The molecule has 2 aromatic carbocycles. The van der Waals surface area contributed by atoms with Crippen molar-refractivity contribution in [2.75, 3.05) is 18.2 Å². The Morgan fingerprint density at radius 1 is 1.15 bits per heavy atom. The maximum absolute atomic E-state index is 12.3. The smallest absolute Gasteiger partial charge is 0.234 e. The topological polar surface area (TPSA) is 56.2 Å². The zero-order valence-corrected chi connectivity index (χ0v) is 15.8. The zero-order chi connectivity index (χ0) is 18.5. The van der Waals surface area contributed by atoms with Crippen molar-refractivity contribution >= 4 is 23.4 Å². The molecule has 0 saturated heterocycles. The summed E-state index contributed by atoms with van der Waals surface area (Å²) in [4.78, 5) is 16.6. The van der Waals surface area contributed by atoms with Crippen LogP contribution in [0, 0.1) is 13.8 Å². The maximum atomic E-state index is 12.3. The molecule has 6 heteroatoms. The second kappa shape index (κ2) is 8.10. The van der Waals surface area contributed by atoms with E-state index in [4.69, 9.17) is 4.74 Å². The Bertz CT molecular complexity index is 883. The lowest BCUT2D eigenvalue weighted by atomic mass is 10.1. The zero-order valence-electron chi connectivity index (χ0n) is 15.0. The number of benzene rings is 2. The highest BCUT2D eigenvalue weighted by Gasteiger charge is 2.10. The van der Waals surface area contributed by atoms with Crippen molar-refractivity contribution in [3.8, 4) is 11.4 Å². The number of imidazole rings is 1. The molecule has 0 spiro atoms. The monoisotopic (exact) mass is 367 g/mol. The number of ether oxygens (including phenoxy) is 1. The highest BCUT2D eigenvalue weighted by Crippen LogP contribution is 2.22. The highest BCUT2D eigenvalue weighted by atomic mass is 32.2. The van der Waals surface area contributed by atoms with Gasteiger partial charge in [0.25, 0.3) is 0 Å². The number of aryl methyl sites for hydroxylation is 2. The van der Waals surface area contributed by atoms with Crippen LogP contribution in [0.5, 0.6) is 5.75 Å². The number of rotatable bonds is 6. The molecule has 1 N–H and O–H groups in total. The van der Waals surface area contributed by atoms with Gasteiger partial charge in [-0.15, -0.1) is 0 Å². The van der Waals surface area contributed by atoms with Gasteiger partial charge in [-0.25, -0.2) is 4.98 Å². The van der Waals surface area contributed by atoms with Crippen LogP contribution in [0.2, 0.25) is 0 Å². The summed E-state index contributed by atoms with van der Waals surface area (Å²) in [5, 5.41) is 3.72. The van der Waals surface area contributed by atoms with Crippen molar-refractivity contribution in [2.24, 2.45) is 0 Å². The number of methoxy groups -OCH3 is 1. The van der Waals surface area contributed by atoms with E-state index in [0.29, 0.717) is 5.75 Å². The van der Waals surface area contributed by atoms with E-state index >= 15 is 0 Å². The summed E-state index contributed by atoms with van der Waals surface area (Å²) in [6.07, 6.45) is 3.61. The van der Waals surface area contributed by atoms with Crippen molar-refractivity contribution in [3.05, 3.63) is 66.0 Å². The van der Waals surface area contributed by atoms with Gasteiger partial charge >= 0.3 is 0 Å². The summed E-state index contributed by atoms with van der Waals surface area (Å²) < 4.78 is 7.14. The predicted octanol–water partition coefficient (Wildman–Crippen LogP) is 4.23. The number of thioether (sulfide) groups is 1. The first-order chi connectivity index (χ1) is 12.5. The van der Waals surface area contributed by atoms with E-state index in [-0.39, 0.29) is 5.91 Å². The van der Waals surface area contributed by atoms with Crippen LogP contribution in [0.3, 0.4) is 0 Å². The minimum Gasteiger partial charge on any atom is -0.497 e. The summed E-state index contributed by atoms with van der Waals surface area (Å²) >= 11 is 1.40. The molecule has 0 atom stereocenters.